The number of benzene rings is 1. The molecular formula is C12H14FN3S2. The number of nitrogens with one attached hydrogen (secondary N) is 1. The Morgan fingerprint density at radius 1 is 1.50 bits per heavy atom. The number of hydrogen-bond donors (Lipinski definition) is 1. The summed E-state index contributed by atoms with van der Waals surface area (Å²) in [5.74, 6) is -0.211. The summed E-state index contributed by atoms with van der Waals surface area (Å²) in [6, 6.07) is 5.48. The molecule has 0 aliphatic carbocycles. The molecule has 18 heavy (non-hydrogen) atoms. The lowest BCUT2D eigenvalue weighted by molar-refractivity contribution is 0.572. The molecule has 0 amide bonds. The van der Waals surface area contributed by atoms with Crippen molar-refractivity contribution < 1.29 is 4.39 Å². The molecule has 0 bridgehead atoms. The van der Waals surface area contributed by atoms with Crippen molar-refractivity contribution in [2.24, 2.45) is 0 Å². The molecule has 0 fully saturated rings. The molecule has 0 saturated heterocycles. The minimum absolute atomic E-state index is 0.157. The Balaban J connectivity index is 2.14. The molecule has 0 saturated carbocycles. The first kappa shape index (κ1) is 13.5. The lowest BCUT2D eigenvalue weighted by atomic mass is 10.1. The number of halogens is 1. The van der Waals surface area contributed by atoms with E-state index in [9.17, 15) is 4.39 Å². The van der Waals surface area contributed by atoms with Gasteiger partial charge in [0.2, 0.25) is 0 Å². The van der Waals surface area contributed by atoms with Crippen molar-refractivity contribution >= 4 is 23.1 Å². The summed E-state index contributed by atoms with van der Waals surface area (Å²) in [5.41, 5.74) is 2.60. The minimum Gasteiger partial charge on any atom is -0.310 e. The van der Waals surface area contributed by atoms with Crippen molar-refractivity contribution in [3.63, 3.8) is 0 Å². The van der Waals surface area contributed by atoms with Gasteiger partial charge in [0.1, 0.15) is 11.3 Å². The average molecular weight is 283 g/mol. The largest absolute Gasteiger partial charge is 0.310 e. The zero-order chi connectivity index (χ0) is 13.0. The first-order valence-corrected chi connectivity index (χ1v) is 7.37. The highest BCUT2D eigenvalue weighted by Gasteiger charge is 2.10. The second kappa shape index (κ2) is 6.26. The lowest BCUT2D eigenvalue weighted by Gasteiger charge is -2.13. The van der Waals surface area contributed by atoms with Gasteiger partial charge in [-0.2, -0.15) is 0 Å². The Hall–Kier alpha value is -0.980. The van der Waals surface area contributed by atoms with Crippen LogP contribution in [-0.2, 0) is 0 Å². The second-order valence-corrected chi connectivity index (χ2v) is 5.90. The normalized spacial score (nSPS) is 12.6. The zero-order valence-corrected chi connectivity index (χ0v) is 11.8. The van der Waals surface area contributed by atoms with Crippen LogP contribution in [0.2, 0.25) is 0 Å². The van der Waals surface area contributed by atoms with E-state index in [2.05, 4.69) is 15.5 Å². The van der Waals surface area contributed by atoms with Crippen LogP contribution >= 0.6 is 23.1 Å². The van der Waals surface area contributed by atoms with Crippen molar-refractivity contribution in [3.8, 4) is 0 Å². The third kappa shape index (κ3) is 3.28. The van der Waals surface area contributed by atoms with E-state index >= 15 is 0 Å². The highest BCUT2D eigenvalue weighted by molar-refractivity contribution is 8.01. The van der Waals surface area contributed by atoms with Gasteiger partial charge in [0, 0.05) is 6.04 Å². The second-order valence-electron chi connectivity index (χ2n) is 3.78. The number of nitrogens with zero attached hydrogens (tertiary/aromatic N) is 2. The predicted molar refractivity (Wildman–Crippen MR) is 72.5 cm³/mol. The van der Waals surface area contributed by atoms with Crippen LogP contribution < -0.4 is 5.32 Å². The van der Waals surface area contributed by atoms with Crippen LogP contribution in [0.5, 0.6) is 0 Å². The molecule has 0 aliphatic rings. The third-order valence-electron chi connectivity index (χ3n) is 2.50. The van der Waals surface area contributed by atoms with Crippen LogP contribution in [0, 0.1) is 5.82 Å². The lowest BCUT2D eigenvalue weighted by Crippen LogP contribution is -2.17. The van der Waals surface area contributed by atoms with Crippen LogP contribution in [0.15, 0.2) is 32.9 Å². The maximum absolute atomic E-state index is 14.0. The molecular weight excluding hydrogens is 269 g/mol. The molecule has 2 rings (SSSR count). The van der Waals surface area contributed by atoms with Gasteiger partial charge in [-0.15, -0.1) is 10.2 Å². The molecule has 96 valence electrons. The highest BCUT2D eigenvalue weighted by atomic mass is 32.2. The standard InChI is InChI=1S/C12H14FN3S2/c1-3-14-8(2)9-4-5-11(10(13)6-9)18-12-16-15-7-17-12/h4-8,14H,3H2,1-2H3. The molecule has 6 heteroatoms. The van der Waals surface area contributed by atoms with E-state index in [1.807, 2.05) is 19.9 Å². The van der Waals surface area contributed by atoms with Crippen LogP contribution in [0.25, 0.3) is 0 Å². The van der Waals surface area contributed by atoms with Crippen molar-refractivity contribution in [1.82, 2.24) is 15.5 Å². The molecule has 1 atom stereocenters. The van der Waals surface area contributed by atoms with Gasteiger partial charge in [0.05, 0.1) is 4.90 Å². The number of rotatable bonds is 5. The first-order valence-electron chi connectivity index (χ1n) is 5.67. The van der Waals surface area contributed by atoms with Crippen LogP contribution in [0.4, 0.5) is 4.39 Å². The van der Waals surface area contributed by atoms with Crippen LogP contribution in [0.3, 0.4) is 0 Å². The summed E-state index contributed by atoms with van der Waals surface area (Å²) in [7, 11) is 0. The maximum Gasteiger partial charge on any atom is 0.178 e. The topological polar surface area (TPSA) is 37.8 Å². The predicted octanol–water partition coefficient (Wildman–Crippen LogP) is 3.50. The molecule has 0 radical (unpaired) electrons. The van der Waals surface area contributed by atoms with E-state index in [0.717, 1.165) is 16.4 Å². The Morgan fingerprint density at radius 3 is 2.94 bits per heavy atom. The number of hydrogen-bond acceptors (Lipinski definition) is 5. The molecule has 1 aromatic carbocycles. The van der Waals surface area contributed by atoms with Gasteiger partial charge in [-0.05, 0) is 31.2 Å². The summed E-state index contributed by atoms with van der Waals surface area (Å²) in [6.45, 7) is 4.92. The summed E-state index contributed by atoms with van der Waals surface area (Å²) < 4.78 is 14.7. The Bertz CT molecular complexity index is 502. The van der Waals surface area contributed by atoms with Crippen LogP contribution in [0.1, 0.15) is 25.5 Å². The van der Waals surface area contributed by atoms with E-state index in [1.54, 1.807) is 17.6 Å². The first-order chi connectivity index (χ1) is 8.70. The molecule has 1 N–H and O–H groups in total. The van der Waals surface area contributed by atoms with Gasteiger partial charge in [-0.1, -0.05) is 36.1 Å². The summed E-state index contributed by atoms with van der Waals surface area (Å²) in [5, 5.41) is 10.9. The van der Waals surface area contributed by atoms with E-state index in [0.29, 0.717) is 4.90 Å². The van der Waals surface area contributed by atoms with Gasteiger partial charge in [0.15, 0.2) is 4.34 Å². The maximum atomic E-state index is 14.0. The van der Waals surface area contributed by atoms with Gasteiger partial charge >= 0.3 is 0 Å². The van der Waals surface area contributed by atoms with Gasteiger partial charge in [-0.3, -0.25) is 0 Å². The molecule has 1 aromatic heterocycles. The van der Waals surface area contributed by atoms with E-state index < -0.39 is 0 Å². The molecule has 0 spiro atoms. The smallest absolute Gasteiger partial charge is 0.178 e. The Morgan fingerprint density at radius 2 is 2.33 bits per heavy atom. The summed E-state index contributed by atoms with van der Waals surface area (Å²) in [6.07, 6.45) is 0. The Labute approximate surface area is 114 Å². The summed E-state index contributed by atoms with van der Waals surface area (Å²) >= 11 is 2.71. The fourth-order valence-electron chi connectivity index (χ4n) is 1.59. The average Bonchev–Trinajstić information content (AvgIpc) is 2.85. The highest BCUT2D eigenvalue weighted by Crippen LogP contribution is 2.31. The molecule has 0 aliphatic heterocycles. The number of aromatic nitrogens is 2. The van der Waals surface area contributed by atoms with E-state index in [-0.39, 0.29) is 11.9 Å². The molecule has 2 aromatic rings. The van der Waals surface area contributed by atoms with E-state index in [1.165, 1.54) is 23.1 Å². The molecule has 1 heterocycles. The van der Waals surface area contributed by atoms with Gasteiger partial charge < -0.3 is 5.32 Å². The van der Waals surface area contributed by atoms with Crippen molar-refractivity contribution in [2.75, 3.05) is 6.54 Å². The fourth-order valence-corrected chi connectivity index (χ4v) is 3.03. The van der Waals surface area contributed by atoms with Crippen molar-refractivity contribution in [1.29, 1.82) is 0 Å². The monoisotopic (exact) mass is 283 g/mol. The fraction of sp³-hybridized carbons (Fsp3) is 0.333. The van der Waals surface area contributed by atoms with Gasteiger partial charge in [0.25, 0.3) is 0 Å². The van der Waals surface area contributed by atoms with Crippen molar-refractivity contribution in [2.45, 2.75) is 29.1 Å². The van der Waals surface area contributed by atoms with E-state index in [4.69, 9.17) is 0 Å². The molecule has 3 nitrogen and oxygen atoms in total. The third-order valence-corrected chi connectivity index (χ3v) is 4.33. The molecule has 1 unspecified atom stereocenters. The van der Waals surface area contributed by atoms with Crippen LogP contribution in [-0.4, -0.2) is 16.7 Å². The quantitative estimate of drug-likeness (QED) is 0.911. The minimum atomic E-state index is -0.211. The van der Waals surface area contributed by atoms with Crippen molar-refractivity contribution in [3.05, 3.63) is 35.1 Å². The van der Waals surface area contributed by atoms with Gasteiger partial charge in [-0.25, -0.2) is 4.39 Å². The Kier molecular flexibility index (Phi) is 4.68. The summed E-state index contributed by atoms with van der Waals surface area (Å²) in [4.78, 5) is 0.583. The zero-order valence-electron chi connectivity index (χ0n) is 10.2. The SMILES string of the molecule is CCNC(C)c1ccc(Sc2nncs2)c(F)c1.